The number of nitrogens with zero attached hydrogens (tertiary/aromatic N) is 1. The maximum atomic E-state index is 4.98. The minimum Gasteiger partial charge on any atom is -0.363 e. The molecule has 0 radical (unpaired) electrons. The molecule has 1 heterocycles. The molecule has 0 unspecified atom stereocenters. The van der Waals surface area contributed by atoms with Crippen molar-refractivity contribution in [3.05, 3.63) is 45.6 Å². The molecule has 0 bridgehead atoms. The Morgan fingerprint density at radius 3 is 2.75 bits per heavy atom. The van der Waals surface area contributed by atoms with Gasteiger partial charge in [-0.3, -0.25) is 0 Å². The van der Waals surface area contributed by atoms with Gasteiger partial charge in [-0.25, -0.2) is 0 Å². The molecular weight excluding hydrogens is 268 g/mol. The maximum Gasteiger partial charge on any atom is 0.169 e. The van der Waals surface area contributed by atoms with E-state index in [0.29, 0.717) is 0 Å². The fraction of sp³-hybridized carbons (Fsp3) is 0.250. The van der Waals surface area contributed by atoms with Gasteiger partial charge in [0.2, 0.25) is 0 Å². The SMILES string of the molecule is Cc1cc(NCc2ccc(Br)cc2C)no1. The minimum atomic E-state index is 0.755. The highest BCUT2D eigenvalue weighted by Crippen LogP contribution is 2.17. The van der Waals surface area contributed by atoms with Crippen LogP contribution in [0, 0.1) is 13.8 Å². The van der Waals surface area contributed by atoms with Crippen LogP contribution in [0.25, 0.3) is 0 Å². The first-order valence-electron chi connectivity index (χ1n) is 5.07. The fourth-order valence-electron chi connectivity index (χ4n) is 1.49. The van der Waals surface area contributed by atoms with Crippen LogP contribution in [0.4, 0.5) is 5.82 Å². The zero-order chi connectivity index (χ0) is 11.5. The number of hydrogen-bond acceptors (Lipinski definition) is 3. The van der Waals surface area contributed by atoms with Crippen molar-refractivity contribution in [2.75, 3.05) is 5.32 Å². The summed E-state index contributed by atoms with van der Waals surface area (Å²) in [5.41, 5.74) is 2.51. The Morgan fingerprint density at radius 2 is 2.12 bits per heavy atom. The minimum absolute atomic E-state index is 0.755. The van der Waals surface area contributed by atoms with E-state index < -0.39 is 0 Å². The van der Waals surface area contributed by atoms with Gasteiger partial charge in [-0.1, -0.05) is 27.2 Å². The highest BCUT2D eigenvalue weighted by Gasteiger charge is 2.02. The van der Waals surface area contributed by atoms with E-state index in [0.717, 1.165) is 22.6 Å². The molecule has 0 atom stereocenters. The van der Waals surface area contributed by atoms with Crippen LogP contribution in [0.15, 0.2) is 33.3 Å². The lowest BCUT2D eigenvalue weighted by Crippen LogP contribution is -2.01. The van der Waals surface area contributed by atoms with Gasteiger partial charge in [0.15, 0.2) is 5.82 Å². The van der Waals surface area contributed by atoms with Crippen molar-refractivity contribution in [1.82, 2.24) is 5.16 Å². The first-order chi connectivity index (χ1) is 7.65. The number of hydrogen-bond donors (Lipinski definition) is 1. The number of anilines is 1. The fourth-order valence-corrected chi connectivity index (χ4v) is 1.97. The lowest BCUT2D eigenvalue weighted by Gasteiger charge is -2.06. The van der Waals surface area contributed by atoms with Gasteiger partial charge in [0.05, 0.1) is 0 Å². The second kappa shape index (κ2) is 4.70. The molecule has 0 aliphatic carbocycles. The van der Waals surface area contributed by atoms with Crippen LogP contribution < -0.4 is 5.32 Å². The molecule has 1 aromatic heterocycles. The summed E-state index contributed by atoms with van der Waals surface area (Å²) in [7, 11) is 0. The summed E-state index contributed by atoms with van der Waals surface area (Å²) in [4.78, 5) is 0. The largest absolute Gasteiger partial charge is 0.363 e. The Morgan fingerprint density at radius 1 is 1.31 bits per heavy atom. The molecule has 0 saturated heterocycles. The Balaban J connectivity index is 2.04. The van der Waals surface area contributed by atoms with Gasteiger partial charge in [-0.05, 0) is 37.1 Å². The third-order valence-electron chi connectivity index (χ3n) is 2.39. The van der Waals surface area contributed by atoms with E-state index in [-0.39, 0.29) is 0 Å². The standard InChI is InChI=1S/C12H13BrN2O/c1-8-5-11(13)4-3-10(8)7-14-12-6-9(2)16-15-12/h3-6H,7H2,1-2H3,(H,14,15). The molecule has 0 spiro atoms. The summed E-state index contributed by atoms with van der Waals surface area (Å²) in [5, 5.41) is 7.10. The lowest BCUT2D eigenvalue weighted by atomic mass is 10.1. The van der Waals surface area contributed by atoms with Crippen LogP contribution in [0.3, 0.4) is 0 Å². The molecule has 2 rings (SSSR count). The van der Waals surface area contributed by atoms with Gasteiger partial charge in [-0.15, -0.1) is 0 Å². The van der Waals surface area contributed by atoms with E-state index in [1.807, 2.05) is 19.1 Å². The van der Waals surface area contributed by atoms with E-state index in [1.54, 1.807) is 0 Å². The third-order valence-corrected chi connectivity index (χ3v) is 2.89. The van der Waals surface area contributed by atoms with Crippen LogP contribution in [0.1, 0.15) is 16.9 Å². The van der Waals surface area contributed by atoms with E-state index in [1.165, 1.54) is 11.1 Å². The van der Waals surface area contributed by atoms with Gasteiger partial charge in [-0.2, -0.15) is 0 Å². The van der Waals surface area contributed by atoms with Crippen molar-refractivity contribution in [2.45, 2.75) is 20.4 Å². The van der Waals surface area contributed by atoms with E-state index in [9.17, 15) is 0 Å². The molecule has 0 aliphatic rings. The summed E-state index contributed by atoms with van der Waals surface area (Å²) >= 11 is 3.45. The van der Waals surface area contributed by atoms with Gasteiger partial charge in [0, 0.05) is 17.1 Å². The molecule has 0 fully saturated rings. The second-order valence-corrected chi connectivity index (χ2v) is 4.66. The predicted molar refractivity (Wildman–Crippen MR) is 67.4 cm³/mol. The number of rotatable bonds is 3. The summed E-state index contributed by atoms with van der Waals surface area (Å²) in [6, 6.07) is 8.12. The highest BCUT2D eigenvalue weighted by atomic mass is 79.9. The molecule has 2 aromatic rings. The molecule has 1 aromatic carbocycles. The van der Waals surface area contributed by atoms with Gasteiger partial charge in [0.25, 0.3) is 0 Å². The number of benzene rings is 1. The Bertz CT molecular complexity index is 494. The molecule has 0 aliphatic heterocycles. The van der Waals surface area contributed by atoms with Crippen molar-refractivity contribution in [1.29, 1.82) is 0 Å². The van der Waals surface area contributed by atoms with Crippen LogP contribution in [-0.2, 0) is 6.54 Å². The number of aryl methyl sites for hydroxylation is 2. The highest BCUT2D eigenvalue weighted by molar-refractivity contribution is 9.10. The summed E-state index contributed by atoms with van der Waals surface area (Å²) in [6.45, 7) is 4.73. The lowest BCUT2D eigenvalue weighted by molar-refractivity contribution is 0.399. The number of aromatic nitrogens is 1. The van der Waals surface area contributed by atoms with Crippen molar-refractivity contribution in [2.24, 2.45) is 0 Å². The van der Waals surface area contributed by atoms with Crippen molar-refractivity contribution >= 4 is 21.7 Å². The maximum absolute atomic E-state index is 4.98. The summed E-state index contributed by atoms with van der Waals surface area (Å²) < 4.78 is 6.09. The van der Waals surface area contributed by atoms with Crippen molar-refractivity contribution < 1.29 is 4.52 Å². The number of nitrogens with one attached hydrogen (secondary N) is 1. The first-order valence-corrected chi connectivity index (χ1v) is 5.86. The Hall–Kier alpha value is -1.29. The van der Waals surface area contributed by atoms with E-state index in [4.69, 9.17) is 4.52 Å². The third kappa shape index (κ3) is 2.64. The quantitative estimate of drug-likeness (QED) is 0.932. The zero-order valence-corrected chi connectivity index (χ0v) is 10.8. The van der Waals surface area contributed by atoms with Gasteiger partial charge < -0.3 is 9.84 Å². The predicted octanol–water partition coefficient (Wildman–Crippen LogP) is 3.67. The van der Waals surface area contributed by atoms with Crippen molar-refractivity contribution in [3.8, 4) is 0 Å². The average molecular weight is 281 g/mol. The molecule has 0 saturated carbocycles. The van der Waals surface area contributed by atoms with E-state index >= 15 is 0 Å². The molecular formula is C12H13BrN2O. The molecule has 84 valence electrons. The summed E-state index contributed by atoms with van der Waals surface area (Å²) in [6.07, 6.45) is 0. The molecule has 0 amide bonds. The van der Waals surface area contributed by atoms with E-state index in [2.05, 4.69) is 45.5 Å². The van der Waals surface area contributed by atoms with Crippen LogP contribution in [-0.4, -0.2) is 5.16 Å². The van der Waals surface area contributed by atoms with Crippen molar-refractivity contribution in [3.63, 3.8) is 0 Å². The zero-order valence-electron chi connectivity index (χ0n) is 9.25. The first kappa shape index (κ1) is 11.2. The Labute approximate surface area is 103 Å². The average Bonchev–Trinajstić information content (AvgIpc) is 2.63. The number of halogens is 1. The topological polar surface area (TPSA) is 38.1 Å². The molecule has 4 heteroatoms. The summed E-state index contributed by atoms with van der Waals surface area (Å²) in [5.74, 6) is 1.59. The molecule has 16 heavy (non-hydrogen) atoms. The molecule has 3 nitrogen and oxygen atoms in total. The van der Waals surface area contributed by atoms with Gasteiger partial charge >= 0.3 is 0 Å². The molecule has 1 N–H and O–H groups in total. The van der Waals surface area contributed by atoms with Gasteiger partial charge in [0.1, 0.15) is 5.76 Å². The second-order valence-electron chi connectivity index (χ2n) is 3.75. The monoisotopic (exact) mass is 280 g/mol. The smallest absolute Gasteiger partial charge is 0.169 e. The normalized spacial score (nSPS) is 10.4. The van der Waals surface area contributed by atoms with Crippen LogP contribution >= 0.6 is 15.9 Å². The van der Waals surface area contributed by atoms with Crippen LogP contribution in [0.2, 0.25) is 0 Å². The Kier molecular flexibility index (Phi) is 3.29. The van der Waals surface area contributed by atoms with Crippen LogP contribution in [0.5, 0.6) is 0 Å².